The Morgan fingerprint density at radius 2 is 1.74 bits per heavy atom. The van der Waals surface area contributed by atoms with Gasteiger partial charge in [-0.3, -0.25) is 4.57 Å². The molecule has 0 radical (unpaired) electrons. The van der Waals surface area contributed by atoms with E-state index in [2.05, 4.69) is 55.0 Å². The summed E-state index contributed by atoms with van der Waals surface area (Å²) in [5.74, 6) is 0.0333. The molecule has 1 aromatic carbocycles. The first kappa shape index (κ1) is 29.5. The van der Waals surface area contributed by atoms with Crippen LogP contribution in [0, 0.1) is 5.82 Å². The third-order valence-corrected chi connectivity index (χ3v) is 14.9. The Balaban J connectivity index is 2.45. The normalized spacial score (nSPS) is 21.3. The third-order valence-electron chi connectivity index (χ3n) is 6.34. The summed E-state index contributed by atoms with van der Waals surface area (Å²) in [6, 6.07) is 6.08. The van der Waals surface area contributed by atoms with Crippen molar-refractivity contribution in [1.29, 1.82) is 0 Å². The Labute approximate surface area is 213 Å². The number of nitrogens with zero attached hydrogens (tertiary/aromatic N) is 2. The van der Waals surface area contributed by atoms with Crippen molar-refractivity contribution in [2.45, 2.75) is 83.0 Å². The van der Waals surface area contributed by atoms with Gasteiger partial charge in [0.25, 0.3) is 0 Å². The van der Waals surface area contributed by atoms with E-state index in [4.69, 9.17) is 18.3 Å². The molecule has 0 spiro atoms. The van der Waals surface area contributed by atoms with Crippen molar-refractivity contribution in [3.63, 3.8) is 0 Å². The average Bonchev–Trinajstić information content (AvgIpc) is 3.04. The van der Waals surface area contributed by atoms with Gasteiger partial charge >= 0.3 is 7.60 Å². The molecular formula is C23H39BrFN2O5PSi. The van der Waals surface area contributed by atoms with E-state index in [0.717, 1.165) is 0 Å². The van der Waals surface area contributed by atoms with Gasteiger partial charge in [-0.1, -0.05) is 54.0 Å². The van der Waals surface area contributed by atoms with Crippen LogP contribution in [0.1, 0.15) is 54.0 Å². The zero-order chi connectivity index (χ0) is 25.9. The molecule has 0 aliphatic carbocycles. The van der Waals surface area contributed by atoms with E-state index in [1.54, 1.807) is 26.0 Å². The molecule has 1 aromatic rings. The van der Waals surface area contributed by atoms with Gasteiger partial charge in [-0.2, -0.15) is 0 Å². The molecule has 3 unspecified atom stereocenters. The van der Waals surface area contributed by atoms with E-state index < -0.39 is 26.2 Å². The molecule has 0 amide bonds. The Morgan fingerprint density at radius 1 is 1.21 bits per heavy atom. The summed E-state index contributed by atoms with van der Waals surface area (Å²) in [5.41, 5.74) is -0.363. The average molecular weight is 582 g/mol. The lowest BCUT2D eigenvalue weighted by Gasteiger charge is -2.42. The highest BCUT2D eigenvalue weighted by molar-refractivity contribution is 9.11. The molecule has 0 bridgehead atoms. The smallest absolute Gasteiger partial charge is 0.351 e. The number of halogens is 2. The lowest BCUT2D eigenvalue weighted by molar-refractivity contribution is -0.0977. The zero-order valence-corrected chi connectivity index (χ0v) is 25.2. The van der Waals surface area contributed by atoms with Gasteiger partial charge in [-0.15, -0.1) is 0 Å². The predicted molar refractivity (Wildman–Crippen MR) is 140 cm³/mol. The standard InChI is InChI=1S/C23H39BrFN2O5PSi/c1-10-29-33(28,30-11-2)20(24)21-26-32-23(7,18-12-14-19(25)15-13-18)27(21)16-17(3)31-34(8,9)22(4,5)6/h12-15,17,20H,10-11,16H2,1-9H3. The van der Waals surface area contributed by atoms with Crippen LogP contribution in [0.5, 0.6) is 0 Å². The molecule has 0 N–H and O–H groups in total. The fourth-order valence-corrected chi connectivity index (χ4v) is 7.50. The molecule has 0 saturated heterocycles. The summed E-state index contributed by atoms with van der Waals surface area (Å²) >= 11 is 3.53. The molecule has 7 nitrogen and oxygen atoms in total. The molecule has 0 fully saturated rings. The van der Waals surface area contributed by atoms with Gasteiger partial charge in [-0.25, -0.2) is 4.39 Å². The van der Waals surface area contributed by atoms with Gasteiger partial charge in [0.2, 0.25) is 5.72 Å². The fourth-order valence-electron chi connectivity index (χ4n) is 3.50. The molecule has 34 heavy (non-hydrogen) atoms. The largest absolute Gasteiger partial charge is 0.412 e. The molecule has 3 atom stereocenters. The van der Waals surface area contributed by atoms with E-state index in [-0.39, 0.29) is 30.2 Å². The van der Waals surface area contributed by atoms with Crippen molar-refractivity contribution in [1.82, 2.24) is 4.90 Å². The van der Waals surface area contributed by atoms with Gasteiger partial charge < -0.3 is 23.2 Å². The number of hydrogen-bond acceptors (Lipinski definition) is 7. The second kappa shape index (κ2) is 11.1. The van der Waals surface area contributed by atoms with E-state index in [0.29, 0.717) is 17.9 Å². The maximum atomic E-state index is 13.7. The minimum absolute atomic E-state index is 0.0392. The molecule has 1 aliphatic rings. The first-order valence-corrected chi connectivity index (χ1v) is 17.0. The van der Waals surface area contributed by atoms with Crippen LogP contribution in [-0.2, 0) is 28.6 Å². The Morgan fingerprint density at radius 3 is 2.21 bits per heavy atom. The van der Waals surface area contributed by atoms with E-state index in [1.165, 1.54) is 12.1 Å². The highest BCUT2D eigenvalue weighted by atomic mass is 79.9. The van der Waals surface area contributed by atoms with Gasteiger partial charge in [0.1, 0.15) is 5.82 Å². The minimum atomic E-state index is -3.59. The summed E-state index contributed by atoms with van der Waals surface area (Å²) < 4.78 is 44.1. The number of hydrogen-bond donors (Lipinski definition) is 0. The predicted octanol–water partition coefficient (Wildman–Crippen LogP) is 7.04. The molecule has 11 heteroatoms. The lowest BCUT2D eigenvalue weighted by atomic mass is 10.0. The van der Waals surface area contributed by atoms with Crippen molar-refractivity contribution < 1.29 is 27.3 Å². The number of amidine groups is 1. The molecule has 1 heterocycles. The van der Waals surface area contributed by atoms with Gasteiger partial charge in [0.05, 0.1) is 19.3 Å². The van der Waals surface area contributed by atoms with Crippen LogP contribution in [-0.4, -0.2) is 49.5 Å². The highest BCUT2D eigenvalue weighted by Gasteiger charge is 2.51. The summed E-state index contributed by atoms with van der Waals surface area (Å²) in [5, 5.41) is 4.36. The number of alkyl halides is 1. The quantitative estimate of drug-likeness (QED) is 0.159. The Bertz CT molecular complexity index is 902. The summed E-state index contributed by atoms with van der Waals surface area (Å²) in [4.78, 5) is 7.85. The summed E-state index contributed by atoms with van der Waals surface area (Å²) in [7, 11) is -5.65. The maximum Gasteiger partial charge on any atom is 0.351 e. The van der Waals surface area contributed by atoms with Gasteiger partial charge in [0.15, 0.2) is 18.7 Å². The van der Waals surface area contributed by atoms with Crippen LogP contribution in [0.25, 0.3) is 0 Å². The molecular weight excluding hydrogens is 542 g/mol. The van der Waals surface area contributed by atoms with Crippen LogP contribution in [0.4, 0.5) is 4.39 Å². The lowest BCUT2D eigenvalue weighted by Crippen LogP contribution is -2.52. The zero-order valence-electron chi connectivity index (χ0n) is 21.7. The molecule has 0 aromatic heterocycles. The van der Waals surface area contributed by atoms with Crippen molar-refractivity contribution in [2.24, 2.45) is 5.16 Å². The van der Waals surface area contributed by atoms with Crippen LogP contribution >= 0.6 is 23.5 Å². The van der Waals surface area contributed by atoms with Gasteiger partial charge in [-0.05, 0) is 51.0 Å². The van der Waals surface area contributed by atoms with E-state index in [9.17, 15) is 8.96 Å². The second-order valence-corrected chi connectivity index (χ2v) is 18.5. The SMILES string of the molecule is CCOP(=O)(OCC)C(Br)C1=NOC(C)(c2ccc(F)cc2)N1CC(C)O[Si](C)(C)C(C)(C)C. The van der Waals surface area contributed by atoms with E-state index >= 15 is 0 Å². The van der Waals surface area contributed by atoms with Crippen molar-refractivity contribution in [2.75, 3.05) is 19.8 Å². The molecule has 194 valence electrons. The monoisotopic (exact) mass is 580 g/mol. The fraction of sp³-hybridized carbons (Fsp3) is 0.696. The maximum absolute atomic E-state index is 13.7. The number of benzene rings is 1. The minimum Gasteiger partial charge on any atom is -0.412 e. The van der Waals surface area contributed by atoms with E-state index in [1.807, 2.05) is 18.7 Å². The summed E-state index contributed by atoms with van der Waals surface area (Å²) in [6.07, 6.45) is -0.189. The Kier molecular flexibility index (Phi) is 9.61. The van der Waals surface area contributed by atoms with Crippen molar-refractivity contribution in [3.8, 4) is 0 Å². The first-order valence-electron chi connectivity index (χ1n) is 11.6. The van der Waals surface area contributed by atoms with Crippen LogP contribution in [0.15, 0.2) is 29.4 Å². The topological polar surface area (TPSA) is 69.6 Å². The van der Waals surface area contributed by atoms with Crippen LogP contribution in [0.2, 0.25) is 18.1 Å². The molecule has 0 saturated carbocycles. The number of rotatable bonds is 11. The Hall–Kier alpha value is -0.773. The highest BCUT2D eigenvalue weighted by Crippen LogP contribution is 2.57. The van der Waals surface area contributed by atoms with Crippen molar-refractivity contribution in [3.05, 3.63) is 35.6 Å². The third kappa shape index (κ3) is 6.31. The second-order valence-electron chi connectivity index (χ2n) is 10.0. The van der Waals surface area contributed by atoms with Crippen LogP contribution in [0.3, 0.4) is 0 Å². The van der Waals surface area contributed by atoms with Crippen molar-refractivity contribution >= 4 is 37.7 Å². The van der Waals surface area contributed by atoms with Gasteiger partial charge in [0, 0.05) is 19.0 Å². The first-order chi connectivity index (χ1) is 15.6. The molecule has 2 rings (SSSR count). The number of oxime groups is 1. The molecule has 1 aliphatic heterocycles. The summed E-state index contributed by atoms with van der Waals surface area (Å²) in [6.45, 7) is 19.2. The van der Waals surface area contributed by atoms with Crippen LogP contribution < -0.4 is 0 Å².